The SMILES string of the molecule is NC1CCC(C(N)C(=O)N2CCC(F)(F)C2)CC1. The topological polar surface area (TPSA) is 72.3 Å². The predicted molar refractivity (Wildman–Crippen MR) is 64.1 cm³/mol. The van der Waals surface area contributed by atoms with E-state index in [0.29, 0.717) is 0 Å². The van der Waals surface area contributed by atoms with Crippen molar-refractivity contribution in [3.8, 4) is 0 Å². The van der Waals surface area contributed by atoms with Gasteiger partial charge in [0, 0.05) is 19.0 Å². The van der Waals surface area contributed by atoms with E-state index in [2.05, 4.69) is 0 Å². The number of halogens is 2. The lowest BCUT2D eigenvalue weighted by Crippen LogP contribution is -2.49. The van der Waals surface area contributed by atoms with E-state index >= 15 is 0 Å². The predicted octanol–water partition coefficient (Wildman–Crippen LogP) is 0.699. The first kappa shape index (κ1) is 13.7. The van der Waals surface area contributed by atoms with Gasteiger partial charge in [0.15, 0.2) is 0 Å². The van der Waals surface area contributed by atoms with Crippen molar-refractivity contribution in [1.82, 2.24) is 4.90 Å². The summed E-state index contributed by atoms with van der Waals surface area (Å²) in [6.45, 7) is -0.364. The number of alkyl halides is 2. The van der Waals surface area contributed by atoms with Crippen molar-refractivity contribution in [3.63, 3.8) is 0 Å². The number of likely N-dealkylation sites (tertiary alicyclic amines) is 1. The summed E-state index contributed by atoms with van der Waals surface area (Å²) in [5, 5.41) is 0. The highest BCUT2D eigenvalue weighted by Crippen LogP contribution is 2.30. The molecular formula is C12H21F2N3O. The summed E-state index contributed by atoms with van der Waals surface area (Å²) in [6.07, 6.45) is 3.11. The summed E-state index contributed by atoms with van der Waals surface area (Å²) >= 11 is 0. The number of hydrogen-bond donors (Lipinski definition) is 2. The number of hydrogen-bond acceptors (Lipinski definition) is 3. The van der Waals surface area contributed by atoms with Crippen molar-refractivity contribution >= 4 is 5.91 Å². The maximum Gasteiger partial charge on any atom is 0.267 e. The highest BCUT2D eigenvalue weighted by atomic mass is 19.3. The third-order valence-electron chi connectivity index (χ3n) is 4.09. The molecule has 4 nitrogen and oxygen atoms in total. The zero-order valence-corrected chi connectivity index (χ0v) is 10.4. The molecule has 1 amide bonds. The van der Waals surface area contributed by atoms with Gasteiger partial charge in [-0.25, -0.2) is 8.78 Å². The second-order valence-corrected chi connectivity index (χ2v) is 5.57. The lowest BCUT2D eigenvalue weighted by atomic mass is 9.81. The molecule has 1 atom stereocenters. The van der Waals surface area contributed by atoms with Crippen LogP contribution in [0.2, 0.25) is 0 Å². The van der Waals surface area contributed by atoms with Gasteiger partial charge in [0.25, 0.3) is 5.92 Å². The summed E-state index contributed by atoms with van der Waals surface area (Å²) < 4.78 is 26.1. The third-order valence-corrected chi connectivity index (χ3v) is 4.09. The van der Waals surface area contributed by atoms with Gasteiger partial charge in [0.05, 0.1) is 12.6 Å². The van der Waals surface area contributed by atoms with Crippen molar-refractivity contribution in [2.75, 3.05) is 13.1 Å². The average molecular weight is 261 g/mol. The van der Waals surface area contributed by atoms with Crippen LogP contribution in [0.15, 0.2) is 0 Å². The van der Waals surface area contributed by atoms with Crippen LogP contribution in [-0.4, -0.2) is 41.9 Å². The molecule has 2 rings (SSSR count). The molecule has 2 aliphatic rings. The fourth-order valence-electron chi connectivity index (χ4n) is 2.84. The number of carbonyl (C=O) groups is 1. The quantitative estimate of drug-likeness (QED) is 0.768. The highest BCUT2D eigenvalue weighted by Gasteiger charge is 2.42. The van der Waals surface area contributed by atoms with E-state index in [1.54, 1.807) is 0 Å². The smallest absolute Gasteiger partial charge is 0.267 e. The summed E-state index contributed by atoms with van der Waals surface area (Å²) in [5.41, 5.74) is 11.7. The second kappa shape index (κ2) is 5.09. The van der Waals surface area contributed by atoms with Crippen LogP contribution in [0, 0.1) is 5.92 Å². The fourth-order valence-corrected chi connectivity index (χ4v) is 2.84. The van der Waals surface area contributed by atoms with Gasteiger partial charge in [0.2, 0.25) is 5.91 Å². The Morgan fingerprint density at radius 2 is 1.89 bits per heavy atom. The van der Waals surface area contributed by atoms with Crippen LogP contribution in [0.25, 0.3) is 0 Å². The Bertz CT molecular complexity index is 316. The highest BCUT2D eigenvalue weighted by molar-refractivity contribution is 5.82. The lowest BCUT2D eigenvalue weighted by molar-refractivity contribution is -0.134. The van der Waals surface area contributed by atoms with Gasteiger partial charge >= 0.3 is 0 Å². The minimum atomic E-state index is -2.75. The molecular weight excluding hydrogens is 240 g/mol. The van der Waals surface area contributed by atoms with Gasteiger partial charge in [-0.2, -0.15) is 0 Å². The molecule has 0 aromatic heterocycles. The van der Waals surface area contributed by atoms with Gasteiger partial charge in [0.1, 0.15) is 0 Å². The molecule has 104 valence electrons. The number of amides is 1. The zero-order valence-electron chi connectivity index (χ0n) is 10.4. The first-order valence-corrected chi connectivity index (χ1v) is 6.57. The molecule has 1 aliphatic heterocycles. The summed E-state index contributed by atoms with van der Waals surface area (Å²) in [6, 6.07) is -0.453. The van der Waals surface area contributed by atoms with Crippen LogP contribution >= 0.6 is 0 Å². The molecule has 18 heavy (non-hydrogen) atoms. The van der Waals surface area contributed by atoms with E-state index in [-0.39, 0.29) is 30.8 Å². The van der Waals surface area contributed by atoms with Crippen molar-refractivity contribution < 1.29 is 13.6 Å². The van der Waals surface area contributed by atoms with Crippen LogP contribution < -0.4 is 11.5 Å². The summed E-state index contributed by atoms with van der Waals surface area (Å²) in [5.74, 6) is -2.98. The van der Waals surface area contributed by atoms with Crippen LogP contribution in [0.4, 0.5) is 8.78 Å². The average Bonchev–Trinajstić information content (AvgIpc) is 2.69. The molecule has 1 heterocycles. The minimum absolute atomic E-state index is 0.0894. The van der Waals surface area contributed by atoms with Gasteiger partial charge in [-0.15, -0.1) is 0 Å². The molecule has 1 saturated carbocycles. The lowest BCUT2D eigenvalue weighted by Gasteiger charge is -2.31. The summed E-state index contributed by atoms with van der Waals surface area (Å²) in [7, 11) is 0. The molecule has 0 bridgehead atoms. The molecule has 1 unspecified atom stereocenters. The van der Waals surface area contributed by atoms with E-state index in [4.69, 9.17) is 11.5 Å². The maximum absolute atomic E-state index is 13.1. The van der Waals surface area contributed by atoms with Crippen molar-refractivity contribution in [2.24, 2.45) is 17.4 Å². The minimum Gasteiger partial charge on any atom is -0.335 e. The zero-order chi connectivity index (χ0) is 13.3. The number of rotatable bonds is 2. The normalized spacial score (nSPS) is 33.4. The van der Waals surface area contributed by atoms with Crippen molar-refractivity contribution in [3.05, 3.63) is 0 Å². The van der Waals surface area contributed by atoms with Crippen LogP contribution in [0.1, 0.15) is 32.1 Å². The van der Waals surface area contributed by atoms with Gasteiger partial charge in [-0.05, 0) is 31.6 Å². The third kappa shape index (κ3) is 2.98. The standard InChI is InChI=1S/C12H21F2N3O/c13-12(14)5-6-17(7-12)11(18)10(16)8-1-3-9(15)4-2-8/h8-10H,1-7,15-16H2. The van der Waals surface area contributed by atoms with E-state index < -0.39 is 18.5 Å². The molecule has 0 aromatic rings. The molecule has 0 radical (unpaired) electrons. The van der Waals surface area contributed by atoms with Gasteiger partial charge < -0.3 is 16.4 Å². The van der Waals surface area contributed by atoms with E-state index in [9.17, 15) is 13.6 Å². The van der Waals surface area contributed by atoms with Gasteiger partial charge in [-0.3, -0.25) is 4.79 Å². The summed E-state index contributed by atoms with van der Waals surface area (Å²) in [4.78, 5) is 13.3. The Kier molecular flexibility index (Phi) is 3.87. The van der Waals surface area contributed by atoms with E-state index in [0.717, 1.165) is 25.7 Å². The molecule has 2 fully saturated rings. The van der Waals surface area contributed by atoms with Crippen molar-refractivity contribution in [2.45, 2.75) is 50.1 Å². The molecule has 1 aliphatic carbocycles. The molecule has 0 aromatic carbocycles. The second-order valence-electron chi connectivity index (χ2n) is 5.57. The van der Waals surface area contributed by atoms with E-state index in [1.807, 2.05) is 0 Å². The fraction of sp³-hybridized carbons (Fsp3) is 0.917. The number of nitrogens with two attached hydrogens (primary N) is 2. The maximum atomic E-state index is 13.1. The van der Waals surface area contributed by atoms with Crippen LogP contribution in [0.5, 0.6) is 0 Å². The van der Waals surface area contributed by atoms with Crippen LogP contribution in [0.3, 0.4) is 0 Å². The Morgan fingerprint density at radius 1 is 1.28 bits per heavy atom. The largest absolute Gasteiger partial charge is 0.335 e. The number of carbonyl (C=O) groups excluding carboxylic acids is 1. The van der Waals surface area contributed by atoms with Gasteiger partial charge in [-0.1, -0.05) is 0 Å². The Hall–Kier alpha value is -0.750. The monoisotopic (exact) mass is 261 g/mol. The molecule has 1 saturated heterocycles. The van der Waals surface area contributed by atoms with Crippen molar-refractivity contribution in [1.29, 1.82) is 0 Å². The molecule has 0 spiro atoms. The van der Waals surface area contributed by atoms with E-state index in [1.165, 1.54) is 4.90 Å². The Morgan fingerprint density at radius 3 is 2.39 bits per heavy atom. The Balaban J connectivity index is 1.89. The molecule has 4 N–H and O–H groups in total. The molecule has 6 heteroatoms. The first-order chi connectivity index (χ1) is 8.39. The number of nitrogens with zero attached hydrogens (tertiary/aromatic N) is 1. The Labute approximate surface area is 106 Å². The first-order valence-electron chi connectivity index (χ1n) is 6.57. The van der Waals surface area contributed by atoms with Crippen LogP contribution in [-0.2, 0) is 4.79 Å².